The first-order valence-corrected chi connectivity index (χ1v) is 11.2. The summed E-state index contributed by atoms with van der Waals surface area (Å²) in [7, 11) is 0. The van der Waals surface area contributed by atoms with E-state index >= 15 is 0 Å². The lowest BCUT2D eigenvalue weighted by atomic mass is 9.94. The Bertz CT molecular complexity index is 1020. The highest BCUT2D eigenvalue weighted by Crippen LogP contribution is 2.28. The first-order chi connectivity index (χ1) is 15.3. The first kappa shape index (κ1) is 20.4. The molecule has 2 fully saturated rings. The second-order valence-electron chi connectivity index (χ2n) is 8.67. The predicted octanol–water partition coefficient (Wildman–Crippen LogP) is 3.90. The number of hydrazine groups is 1. The molecule has 2 aliphatic heterocycles. The number of rotatable bonds is 7. The summed E-state index contributed by atoms with van der Waals surface area (Å²) in [6.45, 7) is 3.72. The highest BCUT2D eigenvalue weighted by molar-refractivity contribution is 5.81. The molecule has 0 spiro atoms. The fourth-order valence-corrected chi connectivity index (χ4v) is 4.89. The second kappa shape index (κ2) is 9.30. The number of hydrogen-bond acceptors (Lipinski definition) is 5. The average molecular weight is 421 g/mol. The largest absolute Gasteiger partial charge is 0.490 e. The predicted molar refractivity (Wildman–Crippen MR) is 120 cm³/mol. The van der Waals surface area contributed by atoms with Gasteiger partial charge in [0.2, 0.25) is 0 Å². The van der Waals surface area contributed by atoms with Crippen molar-refractivity contribution in [1.82, 2.24) is 20.7 Å². The summed E-state index contributed by atoms with van der Waals surface area (Å²) in [6.07, 6.45) is 5.07. The van der Waals surface area contributed by atoms with Gasteiger partial charge >= 0.3 is 0 Å². The lowest BCUT2D eigenvalue weighted by Crippen LogP contribution is -2.38. The van der Waals surface area contributed by atoms with Crippen molar-refractivity contribution in [2.75, 3.05) is 19.7 Å². The van der Waals surface area contributed by atoms with Gasteiger partial charge < -0.3 is 4.74 Å². The Kier molecular flexibility index (Phi) is 6.11. The fraction of sp³-hybridized carbons (Fsp3) is 0.400. The van der Waals surface area contributed by atoms with Gasteiger partial charge in [-0.1, -0.05) is 30.3 Å². The topological polar surface area (TPSA) is 49.4 Å². The Morgan fingerprint density at radius 1 is 1.06 bits per heavy atom. The third kappa shape index (κ3) is 4.71. The summed E-state index contributed by atoms with van der Waals surface area (Å²) >= 11 is 0. The molecule has 2 N–H and O–H groups in total. The summed E-state index contributed by atoms with van der Waals surface area (Å²) in [4.78, 5) is 7.04. The van der Waals surface area contributed by atoms with Crippen molar-refractivity contribution >= 4 is 10.9 Å². The van der Waals surface area contributed by atoms with Crippen molar-refractivity contribution in [3.63, 3.8) is 0 Å². The maximum atomic E-state index is 13.7. The van der Waals surface area contributed by atoms with Gasteiger partial charge in [0, 0.05) is 36.8 Å². The molecule has 3 unspecified atom stereocenters. The van der Waals surface area contributed by atoms with Crippen molar-refractivity contribution in [3.8, 4) is 5.75 Å². The molecule has 0 saturated carbocycles. The highest BCUT2D eigenvalue weighted by Gasteiger charge is 2.34. The molecule has 3 heterocycles. The Morgan fingerprint density at radius 3 is 2.87 bits per heavy atom. The molecule has 0 radical (unpaired) electrons. The third-order valence-electron chi connectivity index (χ3n) is 6.58. The number of fused-ring (bicyclic) bond motifs is 1. The van der Waals surface area contributed by atoms with E-state index in [1.807, 2.05) is 12.3 Å². The number of para-hydroxylation sites is 2. The van der Waals surface area contributed by atoms with E-state index in [0.29, 0.717) is 30.4 Å². The van der Waals surface area contributed by atoms with E-state index in [4.69, 9.17) is 4.74 Å². The van der Waals surface area contributed by atoms with Crippen molar-refractivity contribution in [2.24, 2.45) is 5.92 Å². The lowest BCUT2D eigenvalue weighted by Gasteiger charge is -2.20. The number of pyridine rings is 1. The molecule has 1 aromatic heterocycles. The zero-order chi connectivity index (χ0) is 21.0. The van der Waals surface area contributed by atoms with Gasteiger partial charge in [-0.15, -0.1) is 0 Å². The van der Waals surface area contributed by atoms with E-state index in [0.717, 1.165) is 38.0 Å². The zero-order valence-corrected chi connectivity index (χ0v) is 17.6. The van der Waals surface area contributed by atoms with Crippen LogP contribution in [0.15, 0.2) is 60.8 Å². The lowest BCUT2D eigenvalue weighted by molar-refractivity contribution is 0.276. The molecule has 2 aliphatic rings. The van der Waals surface area contributed by atoms with Crippen LogP contribution in [0.5, 0.6) is 5.75 Å². The maximum absolute atomic E-state index is 13.7. The smallest absolute Gasteiger partial charge is 0.165 e. The van der Waals surface area contributed by atoms with E-state index < -0.39 is 0 Å². The summed E-state index contributed by atoms with van der Waals surface area (Å²) in [5.74, 6) is 0.670. The summed E-state index contributed by atoms with van der Waals surface area (Å²) in [5.41, 5.74) is 9.35. The maximum Gasteiger partial charge on any atom is 0.165 e. The SMILES string of the molecule is Fc1ccccc1OCCC1CC(C2CCN(Cc3ccnc4ccccc34)C2)NN1. The highest BCUT2D eigenvalue weighted by atomic mass is 19.1. The molecular weight excluding hydrogens is 391 g/mol. The van der Waals surface area contributed by atoms with Gasteiger partial charge in [0.15, 0.2) is 11.6 Å². The fourth-order valence-electron chi connectivity index (χ4n) is 4.89. The van der Waals surface area contributed by atoms with Gasteiger partial charge in [-0.05, 0) is 61.6 Å². The molecule has 0 bridgehead atoms. The van der Waals surface area contributed by atoms with Crippen LogP contribution in [0.4, 0.5) is 4.39 Å². The van der Waals surface area contributed by atoms with Crippen molar-refractivity contribution < 1.29 is 9.13 Å². The molecule has 5 nitrogen and oxygen atoms in total. The number of aromatic nitrogens is 1. The molecule has 2 aromatic carbocycles. The number of nitrogens with zero attached hydrogens (tertiary/aromatic N) is 2. The van der Waals surface area contributed by atoms with E-state index in [9.17, 15) is 4.39 Å². The van der Waals surface area contributed by atoms with E-state index in [2.05, 4.69) is 45.0 Å². The Morgan fingerprint density at radius 2 is 1.94 bits per heavy atom. The summed E-state index contributed by atoms with van der Waals surface area (Å²) in [5, 5.41) is 1.25. The van der Waals surface area contributed by atoms with Gasteiger partial charge in [-0.3, -0.25) is 20.7 Å². The normalized spacial score (nSPS) is 24.1. The van der Waals surface area contributed by atoms with Crippen LogP contribution < -0.4 is 15.6 Å². The minimum Gasteiger partial charge on any atom is -0.490 e. The molecule has 31 heavy (non-hydrogen) atoms. The van der Waals surface area contributed by atoms with Crippen molar-refractivity contribution in [3.05, 3.63) is 72.2 Å². The van der Waals surface area contributed by atoms with Crippen LogP contribution in [0.1, 0.15) is 24.8 Å². The Labute approximate surface area is 182 Å². The molecule has 162 valence electrons. The number of likely N-dealkylation sites (tertiary alicyclic amines) is 1. The molecule has 2 saturated heterocycles. The summed E-state index contributed by atoms with van der Waals surface area (Å²) < 4.78 is 19.3. The molecule has 3 aromatic rings. The van der Waals surface area contributed by atoms with Crippen molar-refractivity contribution in [2.45, 2.75) is 37.9 Å². The Hall–Kier alpha value is -2.54. The number of hydrogen-bond donors (Lipinski definition) is 2. The van der Waals surface area contributed by atoms with Crippen LogP contribution in [0.3, 0.4) is 0 Å². The molecule has 5 rings (SSSR count). The molecule has 0 amide bonds. The van der Waals surface area contributed by atoms with Crippen LogP contribution in [-0.4, -0.2) is 41.7 Å². The van der Waals surface area contributed by atoms with Crippen LogP contribution in [0.2, 0.25) is 0 Å². The minimum atomic E-state index is -0.300. The second-order valence-corrected chi connectivity index (χ2v) is 8.67. The van der Waals surface area contributed by atoms with Gasteiger partial charge in [-0.25, -0.2) is 4.39 Å². The van der Waals surface area contributed by atoms with Gasteiger partial charge in [0.1, 0.15) is 0 Å². The van der Waals surface area contributed by atoms with Gasteiger partial charge in [0.05, 0.1) is 12.1 Å². The van der Waals surface area contributed by atoms with Crippen LogP contribution in [0, 0.1) is 11.7 Å². The van der Waals surface area contributed by atoms with E-state index in [-0.39, 0.29) is 5.82 Å². The number of halogens is 1. The quantitative estimate of drug-likeness (QED) is 0.607. The van der Waals surface area contributed by atoms with Crippen LogP contribution >= 0.6 is 0 Å². The first-order valence-electron chi connectivity index (χ1n) is 11.2. The zero-order valence-electron chi connectivity index (χ0n) is 17.6. The minimum absolute atomic E-state index is 0.300. The van der Waals surface area contributed by atoms with Crippen molar-refractivity contribution in [1.29, 1.82) is 0 Å². The van der Waals surface area contributed by atoms with E-state index in [1.165, 1.54) is 23.4 Å². The standard InChI is InChI=1S/C25H29FN4O/c26-22-6-2-4-8-25(22)31-14-11-20-15-24(29-28-20)19-10-13-30(17-19)16-18-9-12-27-23-7-3-1-5-21(18)23/h1-9,12,19-20,24,28-29H,10-11,13-17H2. The number of benzene rings is 2. The van der Waals surface area contributed by atoms with Gasteiger partial charge in [0.25, 0.3) is 0 Å². The molecule has 0 aliphatic carbocycles. The average Bonchev–Trinajstić information content (AvgIpc) is 3.45. The Balaban J connectivity index is 1.10. The van der Waals surface area contributed by atoms with Crippen LogP contribution in [-0.2, 0) is 6.54 Å². The molecule has 3 atom stereocenters. The molecular formula is C25H29FN4O. The third-order valence-corrected chi connectivity index (χ3v) is 6.58. The monoisotopic (exact) mass is 420 g/mol. The van der Waals surface area contributed by atoms with E-state index in [1.54, 1.807) is 18.2 Å². The summed E-state index contributed by atoms with van der Waals surface area (Å²) in [6, 6.07) is 17.9. The van der Waals surface area contributed by atoms with Crippen LogP contribution in [0.25, 0.3) is 10.9 Å². The molecule has 6 heteroatoms. The number of nitrogens with one attached hydrogen (secondary N) is 2. The van der Waals surface area contributed by atoms with Gasteiger partial charge in [-0.2, -0.15) is 0 Å². The number of ether oxygens (including phenoxy) is 1.